The molecule has 2 heterocycles. The van der Waals surface area contributed by atoms with Crippen LogP contribution >= 0.6 is 11.8 Å². The average molecular weight is 404 g/mol. The average Bonchev–Trinajstić information content (AvgIpc) is 3.30. The Kier molecular flexibility index (Phi) is 6.48. The fourth-order valence-electron chi connectivity index (χ4n) is 2.85. The fraction of sp³-hybridized carbons (Fsp3) is 0.368. The van der Waals surface area contributed by atoms with Crippen LogP contribution in [-0.4, -0.2) is 60.8 Å². The van der Waals surface area contributed by atoms with Crippen molar-refractivity contribution in [3.8, 4) is 0 Å². The predicted octanol–water partition coefficient (Wildman–Crippen LogP) is 1.80. The highest BCUT2D eigenvalue weighted by Gasteiger charge is 2.36. The van der Waals surface area contributed by atoms with Crippen molar-refractivity contribution in [2.45, 2.75) is 18.9 Å². The summed E-state index contributed by atoms with van der Waals surface area (Å²) in [5, 5.41) is 2.21. The van der Waals surface area contributed by atoms with E-state index in [1.165, 1.54) is 7.11 Å². The molecule has 2 fully saturated rings. The molecule has 1 aromatic carbocycles. The number of carbonyl (C=O) groups is 4. The lowest BCUT2D eigenvalue weighted by molar-refractivity contribution is -0.129. The molecule has 148 valence electrons. The standard InChI is InChI=1S/C19H20N2O6S/c1-26-18(24)13-6-4-12(5-7-13)9-15-17(23)21(19(25)28-15)11-16(22)20-10-14-3-2-8-27-14/h4-7,9,14H,2-3,8,10-11H2,1H3,(H,20,22)/b15-9-/t14-/m1/s1. The number of esters is 1. The summed E-state index contributed by atoms with van der Waals surface area (Å²) in [6, 6.07) is 6.43. The van der Waals surface area contributed by atoms with Crippen molar-refractivity contribution in [2.75, 3.05) is 26.8 Å². The highest BCUT2D eigenvalue weighted by molar-refractivity contribution is 8.18. The van der Waals surface area contributed by atoms with Crippen molar-refractivity contribution < 1.29 is 28.7 Å². The third-order valence-electron chi connectivity index (χ3n) is 4.36. The van der Waals surface area contributed by atoms with Gasteiger partial charge in [0.15, 0.2) is 0 Å². The molecule has 0 bridgehead atoms. The highest BCUT2D eigenvalue weighted by atomic mass is 32.2. The molecule has 0 radical (unpaired) electrons. The first kappa shape index (κ1) is 20.1. The van der Waals surface area contributed by atoms with Crippen LogP contribution in [0.15, 0.2) is 29.2 Å². The smallest absolute Gasteiger partial charge is 0.337 e. The minimum absolute atomic E-state index is 0.00766. The van der Waals surface area contributed by atoms with Crippen molar-refractivity contribution in [1.29, 1.82) is 0 Å². The lowest BCUT2D eigenvalue weighted by Gasteiger charge is -2.14. The van der Waals surface area contributed by atoms with Gasteiger partial charge in [-0.15, -0.1) is 0 Å². The molecule has 0 aromatic heterocycles. The Balaban J connectivity index is 1.59. The number of nitrogens with one attached hydrogen (secondary N) is 1. The molecule has 2 aliphatic heterocycles. The van der Waals surface area contributed by atoms with Crippen LogP contribution in [0, 0.1) is 0 Å². The zero-order valence-corrected chi connectivity index (χ0v) is 16.1. The number of carbonyl (C=O) groups excluding carboxylic acids is 4. The minimum atomic E-state index is -0.515. The van der Waals surface area contributed by atoms with Gasteiger partial charge in [0, 0.05) is 13.2 Å². The summed E-state index contributed by atoms with van der Waals surface area (Å²) in [4.78, 5) is 49.3. The Morgan fingerprint density at radius 2 is 2.07 bits per heavy atom. The summed E-state index contributed by atoms with van der Waals surface area (Å²) in [5.41, 5.74) is 1.04. The van der Waals surface area contributed by atoms with E-state index >= 15 is 0 Å². The normalized spacial score (nSPS) is 20.7. The minimum Gasteiger partial charge on any atom is -0.465 e. The van der Waals surface area contributed by atoms with E-state index in [1.807, 2.05) is 0 Å². The van der Waals surface area contributed by atoms with Crippen molar-refractivity contribution in [1.82, 2.24) is 10.2 Å². The van der Waals surface area contributed by atoms with E-state index in [0.29, 0.717) is 24.3 Å². The maximum absolute atomic E-state index is 12.5. The van der Waals surface area contributed by atoms with Crippen molar-refractivity contribution in [3.63, 3.8) is 0 Å². The molecule has 9 heteroatoms. The summed E-state index contributed by atoms with van der Waals surface area (Å²) in [6.07, 6.45) is 3.40. The van der Waals surface area contributed by atoms with Crippen LogP contribution in [-0.2, 0) is 19.1 Å². The zero-order chi connectivity index (χ0) is 20.1. The Bertz CT molecular complexity index is 814. The predicted molar refractivity (Wildman–Crippen MR) is 102 cm³/mol. The summed E-state index contributed by atoms with van der Waals surface area (Å²) in [5.74, 6) is -1.37. The molecule has 3 amide bonds. The third kappa shape index (κ3) is 4.79. The van der Waals surface area contributed by atoms with Crippen LogP contribution in [0.3, 0.4) is 0 Å². The molecule has 1 N–H and O–H groups in total. The molecule has 28 heavy (non-hydrogen) atoms. The van der Waals surface area contributed by atoms with E-state index in [9.17, 15) is 19.2 Å². The molecule has 0 unspecified atom stereocenters. The van der Waals surface area contributed by atoms with Crippen LogP contribution in [0.25, 0.3) is 6.08 Å². The number of hydrogen-bond donors (Lipinski definition) is 1. The Labute approximate surface area is 166 Å². The number of nitrogens with zero attached hydrogens (tertiary/aromatic N) is 1. The van der Waals surface area contributed by atoms with Gasteiger partial charge in [-0.25, -0.2) is 4.79 Å². The van der Waals surface area contributed by atoms with Crippen molar-refractivity contribution in [2.24, 2.45) is 0 Å². The Morgan fingerprint density at radius 3 is 2.71 bits per heavy atom. The molecular weight excluding hydrogens is 384 g/mol. The fourth-order valence-corrected chi connectivity index (χ4v) is 3.69. The molecule has 0 aliphatic carbocycles. The van der Waals surface area contributed by atoms with E-state index in [-0.39, 0.29) is 17.6 Å². The van der Waals surface area contributed by atoms with Gasteiger partial charge in [0.2, 0.25) is 5.91 Å². The maximum atomic E-state index is 12.5. The lowest BCUT2D eigenvalue weighted by Crippen LogP contribution is -2.41. The third-order valence-corrected chi connectivity index (χ3v) is 5.26. The first-order valence-corrected chi connectivity index (χ1v) is 9.61. The lowest BCUT2D eigenvalue weighted by atomic mass is 10.1. The van der Waals surface area contributed by atoms with E-state index in [0.717, 1.165) is 29.5 Å². The molecule has 3 rings (SSSR count). The van der Waals surface area contributed by atoms with Gasteiger partial charge in [0.25, 0.3) is 11.1 Å². The highest BCUT2D eigenvalue weighted by Crippen LogP contribution is 2.32. The zero-order valence-electron chi connectivity index (χ0n) is 15.3. The van der Waals surface area contributed by atoms with Gasteiger partial charge in [0.1, 0.15) is 6.54 Å². The van der Waals surface area contributed by atoms with Crippen LogP contribution in [0.4, 0.5) is 4.79 Å². The number of hydrogen-bond acceptors (Lipinski definition) is 7. The van der Waals surface area contributed by atoms with E-state index in [4.69, 9.17) is 4.74 Å². The summed E-state index contributed by atoms with van der Waals surface area (Å²) < 4.78 is 10.1. The van der Waals surface area contributed by atoms with Gasteiger partial charge in [-0.3, -0.25) is 19.3 Å². The molecule has 2 aliphatic rings. The number of thioether (sulfide) groups is 1. The number of benzene rings is 1. The van der Waals surface area contributed by atoms with Gasteiger partial charge < -0.3 is 14.8 Å². The maximum Gasteiger partial charge on any atom is 0.337 e. The number of rotatable bonds is 6. The number of methoxy groups -OCH3 is 1. The van der Waals surface area contributed by atoms with Gasteiger partial charge in [-0.2, -0.15) is 0 Å². The molecule has 0 saturated carbocycles. The Morgan fingerprint density at radius 1 is 1.32 bits per heavy atom. The van der Waals surface area contributed by atoms with Gasteiger partial charge >= 0.3 is 5.97 Å². The topological polar surface area (TPSA) is 102 Å². The monoisotopic (exact) mass is 404 g/mol. The van der Waals surface area contributed by atoms with Crippen LogP contribution in [0.2, 0.25) is 0 Å². The molecule has 1 atom stereocenters. The number of amides is 3. The quantitative estimate of drug-likeness (QED) is 0.570. The second-order valence-corrected chi connectivity index (χ2v) is 7.31. The van der Waals surface area contributed by atoms with Gasteiger partial charge in [-0.1, -0.05) is 12.1 Å². The summed E-state index contributed by atoms with van der Waals surface area (Å²) in [7, 11) is 1.29. The first-order chi connectivity index (χ1) is 13.5. The Hall–Kier alpha value is -2.65. The van der Waals surface area contributed by atoms with Crippen LogP contribution in [0.5, 0.6) is 0 Å². The molecule has 2 saturated heterocycles. The molecular formula is C19H20N2O6S. The van der Waals surface area contributed by atoms with E-state index in [2.05, 4.69) is 10.1 Å². The van der Waals surface area contributed by atoms with Crippen LogP contribution in [0.1, 0.15) is 28.8 Å². The summed E-state index contributed by atoms with van der Waals surface area (Å²) in [6.45, 7) is 0.739. The molecule has 0 spiro atoms. The SMILES string of the molecule is COC(=O)c1ccc(/C=C2\SC(=O)N(CC(=O)NC[C@H]3CCCO3)C2=O)cc1. The van der Waals surface area contributed by atoms with Crippen molar-refractivity contribution >= 4 is 40.9 Å². The number of imide groups is 1. The van der Waals surface area contributed by atoms with Crippen molar-refractivity contribution in [3.05, 3.63) is 40.3 Å². The first-order valence-electron chi connectivity index (χ1n) is 8.80. The largest absolute Gasteiger partial charge is 0.465 e. The van der Waals surface area contributed by atoms with Gasteiger partial charge in [0.05, 0.1) is 23.7 Å². The van der Waals surface area contributed by atoms with E-state index in [1.54, 1.807) is 30.3 Å². The second-order valence-electron chi connectivity index (χ2n) is 6.32. The molecule has 8 nitrogen and oxygen atoms in total. The van der Waals surface area contributed by atoms with Gasteiger partial charge in [-0.05, 0) is 48.4 Å². The second kappa shape index (κ2) is 9.03. The van der Waals surface area contributed by atoms with E-state index < -0.39 is 23.0 Å². The molecule has 1 aromatic rings. The van der Waals surface area contributed by atoms with Crippen LogP contribution < -0.4 is 5.32 Å². The number of ether oxygens (including phenoxy) is 2. The summed E-state index contributed by atoms with van der Waals surface area (Å²) >= 11 is 0.779.